The Bertz CT molecular complexity index is 422. The Hall–Kier alpha value is -1.20. The van der Waals surface area contributed by atoms with Crippen LogP contribution in [0.5, 0.6) is 0 Å². The molecule has 1 aromatic rings. The zero-order valence-corrected chi connectivity index (χ0v) is 10.9. The Kier molecular flexibility index (Phi) is 3.91. The number of carbonyl (C=O) groups is 1. The van der Waals surface area contributed by atoms with Gasteiger partial charge in [0.2, 0.25) is 5.91 Å². The van der Waals surface area contributed by atoms with E-state index < -0.39 is 0 Å². The van der Waals surface area contributed by atoms with Crippen molar-refractivity contribution < 1.29 is 4.79 Å². The van der Waals surface area contributed by atoms with Crippen LogP contribution in [0, 0.1) is 0 Å². The minimum absolute atomic E-state index is 0.0810. The van der Waals surface area contributed by atoms with Crippen LogP contribution in [0.1, 0.15) is 0 Å². The molecule has 0 saturated heterocycles. The van der Waals surface area contributed by atoms with Gasteiger partial charge in [0.15, 0.2) is 0 Å². The zero-order valence-electron chi connectivity index (χ0n) is 10.1. The monoisotopic (exact) mass is 251 g/mol. The number of benzene rings is 1. The highest BCUT2D eigenvalue weighted by molar-refractivity contribution is 8.00. The van der Waals surface area contributed by atoms with E-state index in [9.17, 15) is 4.79 Å². The van der Waals surface area contributed by atoms with E-state index in [-0.39, 0.29) is 5.91 Å². The van der Waals surface area contributed by atoms with Crippen LogP contribution in [0.2, 0.25) is 0 Å². The molecule has 0 atom stereocenters. The second-order valence-corrected chi connectivity index (χ2v) is 5.06. The maximum atomic E-state index is 11.3. The first-order valence-corrected chi connectivity index (χ1v) is 6.61. The summed E-state index contributed by atoms with van der Waals surface area (Å²) >= 11 is 1.59. The lowest BCUT2D eigenvalue weighted by Crippen LogP contribution is -2.27. The van der Waals surface area contributed by atoms with Crippen LogP contribution >= 0.6 is 11.8 Å². The molecule has 0 fully saturated rings. The third-order valence-electron chi connectivity index (χ3n) is 2.73. The van der Waals surface area contributed by atoms with E-state index in [0.29, 0.717) is 5.75 Å². The van der Waals surface area contributed by atoms with E-state index >= 15 is 0 Å². The highest BCUT2D eigenvalue weighted by Crippen LogP contribution is 2.34. The second-order valence-electron chi connectivity index (χ2n) is 4.04. The van der Waals surface area contributed by atoms with Crippen molar-refractivity contribution in [2.24, 2.45) is 0 Å². The van der Waals surface area contributed by atoms with Gasteiger partial charge in [-0.05, 0) is 25.2 Å². The summed E-state index contributed by atoms with van der Waals surface area (Å²) in [6, 6.07) is 6.21. The molecular formula is C12H17N3OS. The molecule has 0 bridgehead atoms. The fourth-order valence-electron chi connectivity index (χ4n) is 1.72. The van der Waals surface area contributed by atoms with Crippen molar-refractivity contribution in [3.8, 4) is 0 Å². The van der Waals surface area contributed by atoms with Gasteiger partial charge in [0.1, 0.15) is 0 Å². The van der Waals surface area contributed by atoms with Crippen molar-refractivity contribution in [3.05, 3.63) is 18.2 Å². The van der Waals surface area contributed by atoms with Gasteiger partial charge in [-0.3, -0.25) is 4.79 Å². The molecular weight excluding hydrogens is 234 g/mol. The van der Waals surface area contributed by atoms with Crippen LogP contribution in [0.4, 0.5) is 11.4 Å². The molecule has 0 radical (unpaired) electrons. The van der Waals surface area contributed by atoms with Crippen molar-refractivity contribution in [2.45, 2.75) is 4.90 Å². The van der Waals surface area contributed by atoms with E-state index in [1.807, 2.05) is 13.1 Å². The summed E-state index contributed by atoms with van der Waals surface area (Å²) < 4.78 is 0. The number of thioether (sulfide) groups is 1. The lowest BCUT2D eigenvalue weighted by atomic mass is 10.2. The molecule has 0 spiro atoms. The van der Waals surface area contributed by atoms with Crippen LogP contribution < -0.4 is 15.5 Å². The van der Waals surface area contributed by atoms with E-state index in [1.165, 1.54) is 0 Å². The van der Waals surface area contributed by atoms with E-state index in [4.69, 9.17) is 0 Å². The number of nitrogens with zero attached hydrogens (tertiary/aromatic N) is 1. The number of hydrogen-bond donors (Lipinski definition) is 2. The first kappa shape index (κ1) is 12.3. The minimum Gasteiger partial charge on any atom is -0.373 e. The van der Waals surface area contributed by atoms with Gasteiger partial charge in [-0.1, -0.05) is 0 Å². The standard InChI is InChI=1S/C12H17N3OS/c1-13-5-6-15(2)9-3-4-11-10(7-9)14-12(16)8-17-11/h3-4,7,13H,5-6,8H2,1-2H3,(H,14,16). The third kappa shape index (κ3) is 2.92. The molecule has 5 heteroatoms. The smallest absolute Gasteiger partial charge is 0.234 e. The molecule has 0 saturated carbocycles. The Morgan fingerprint density at radius 1 is 1.53 bits per heavy atom. The van der Waals surface area contributed by atoms with Crippen LogP contribution in [-0.4, -0.2) is 38.8 Å². The van der Waals surface area contributed by atoms with Crippen molar-refractivity contribution in [1.29, 1.82) is 0 Å². The summed E-state index contributed by atoms with van der Waals surface area (Å²) in [5, 5.41) is 6.03. The van der Waals surface area contributed by atoms with Crippen LogP contribution in [-0.2, 0) is 4.79 Å². The predicted molar refractivity (Wildman–Crippen MR) is 73.0 cm³/mol. The number of amides is 1. The topological polar surface area (TPSA) is 44.4 Å². The minimum atomic E-state index is 0.0810. The predicted octanol–water partition coefficient (Wildman–Crippen LogP) is 1.39. The highest BCUT2D eigenvalue weighted by Gasteiger charge is 2.16. The highest BCUT2D eigenvalue weighted by atomic mass is 32.2. The number of likely N-dealkylation sites (N-methyl/N-ethyl adjacent to an activating group) is 2. The van der Waals surface area contributed by atoms with Gasteiger partial charge in [-0.15, -0.1) is 11.8 Å². The molecule has 17 heavy (non-hydrogen) atoms. The summed E-state index contributed by atoms with van der Waals surface area (Å²) in [6.07, 6.45) is 0. The van der Waals surface area contributed by atoms with Gasteiger partial charge in [0.25, 0.3) is 0 Å². The average Bonchev–Trinajstić information content (AvgIpc) is 2.35. The first-order chi connectivity index (χ1) is 8.20. The molecule has 2 N–H and O–H groups in total. The van der Waals surface area contributed by atoms with Gasteiger partial charge in [-0.25, -0.2) is 0 Å². The number of anilines is 2. The molecule has 1 aliphatic heterocycles. The fourth-order valence-corrected chi connectivity index (χ4v) is 2.51. The van der Waals surface area contributed by atoms with Crippen molar-refractivity contribution in [1.82, 2.24) is 5.32 Å². The van der Waals surface area contributed by atoms with Gasteiger partial charge in [0, 0.05) is 30.7 Å². The van der Waals surface area contributed by atoms with Crippen LogP contribution in [0.3, 0.4) is 0 Å². The number of carbonyl (C=O) groups excluding carboxylic acids is 1. The molecule has 4 nitrogen and oxygen atoms in total. The van der Waals surface area contributed by atoms with Crippen molar-refractivity contribution >= 4 is 29.0 Å². The summed E-state index contributed by atoms with van der Waals surface area (Å²) in [4.78, 5) is 14.6. The van der Waals surface area contributed by atoms with Gasteiger partial charge >= 0.3 is 0 Å². The first-order valence-electron chi connectivity index (χ1n) is 5.63. The third-order valence-corrected chi connectivity index (χ3v) is 3.81. The number of fused-ring (bicyclic) bond motifs is 1. The maximum absolute atomic E-state index is 11.3. The van der Waals surface area contributed by atoms with Gasteiger partial charge < -0.3 is 15.5 Å². The Morgan fingerprint density at radius 3 is 3.12 bits per heavy atom. The molecule has 2 rings (SSSR count). The van der Waals surface area contributed by atoms with Gasteiger partial charge in [-0.2, -0.15) is 0 Å². The average molecular weight is 251 g/mol. The molecule has 1 amide bonds. The summed E-state index contributed by atoms with van der Waals surface area (Å²) in [7, 11) is 3.99. The lowest BCUT2D eigenvalue weighted by molar-refractivity contribution is -0.113. The maximum Gasteiger partial charge on any atom is 0.234 e. The molecule has 0 aromatic heterocycles. The van der Waals surface area contributed by atoms with Crippen molar-refractivity contribution in [2.75, 3.05) is 43.2 Å². The summed E-state index contributed by atoms with van der Waals surface area (Å²) in [5.74, 6) is 0.597. The van der Waals surface area contributed by atoms with Gasteiger partial charge in [0.05, 0.1) is 11.4 Å². The molecule has 0 unspecified atom stereocenters. The Balaban J connectivity index is 2.14. The Labute approximate surface area is 106 Å². The molecule has 92 valence electrons. The normalized spacial score (nSPS) is 14.1. The second kappa shape index (κ2) is 5.42. The number of nitrogens with one attached hydrogen (secondary N) is 2. The SMILES string of the molecule is CNCCN(C)c1ccc2c(c1)NC(=O)CS2. The number of hydrogen-bond acceptors (Lipinski definition) is 4. The van der Waals surface area contributed by atoms with Crippen LogP contribution in [0.15, 0.2) is 23.1 Å². The molecule has 1 heterocycles. The Morgan fingerprint density at radius 2 is 2.35 bits per heavy atom. The molecule has 1 aliphatic rings. The van der Waals surface area contributed by atoms with Crippen molar-refractivity contribution in [3.63, 3.8) is 0 Å². The quantitative estimate of drug-likeness (QED) is 0.849. The van der Waals surface area contributed by atoms with E-state index in [1.54, 1.807) is 11.8 Å². The van der Waals surface area contributed by atoms with E-state index in [2.05, 4.69) is 34.7 Å². The number of rotatable bonds is 4. The molecule has 1 aromatic carbocycles. The molecule has 0 aliphatic carbocycles. The fraction of sp³-hybridized carbons (Fsp3) is 0.417. The van der Waals surface area contributed by atoms with Crippen LogP contribution in [0.25, 0.3) is 0 Å². The largest absolute Gasteiger partial charge is 0.373 e. The lowest BCUT2D eigenvalue weighted by Gasteiger charge is -2.22. The summed E-state index contributed by atoms with van der Waals surface area (Å²) in [5.41, 5.74) is 2.06. The van der Waals surface area contributed by atoms with E-state index in [0.717, 1.165) is 29.4 Å². The zero-order chi connectivity index (χ0) is 12.3. The summed E-state index contributed by atoms with van der Waals surface area (Å²) in [6.45, 7) is 1.88.